The monoisotopic (exact) mass is 272 g/mol. The molecule has 1 aliphatic heterocycles. The van der Waals surface area contributed by atoms with Crippen LogP contribution in [0.25, 0.3) is 0 Å². The van der Waals surface area contributed by atoms with E-state index in [1.807, 2.05) is 0 Å². The predicted octanol–water partition coefficient (Wildman–Crippen LogP) is -0.444. The van der Waals surface area contributed by atoms with Gasteiger partial charge in [0, 0.05) is 26.3 Å². The minimum absolute atomic E-state index is 0.109. The molecule has 0 radical (unpaired) electrons. The number of piperidine rings is 1. The Morgan fingerprint density at radius 2 is 2.39 bits per heavy atom. The standard InChI is InChI=1S/C10H16N4O3S/c1-11-10(15)8-3-2-4-14(7-8)18(16,17)9-5-12-13-6-9/h5-6,8H,2-4,7H2,1H3,(H,11,15)(H,12,13)/t8-/m1/s1. The Labute approximate surface area is 106 Å². The first-order valence-corrected chi connectivity index (χ1v) is 7.20. The summed E-state index contributed by atoms with van der Waals surface area (Å²) in [6.45, 7) is 0.675. The summed E-state index contributed by atoms with van der Waals surface area (Å²) >= 11 is 0. The Morgan fingerprint density at radius 1 is 1.61 bits per heavy atom. The maximum absolute atomic E-state index is 12.2. The van der Waals surface area contributed by atoms with Crippen LogP contribution < -0.4 is 5.32 Å². The van der Waals surface area contributed by atoms with Crippen molar-refractivity contribution in [1.82, 2.24) is 19.8 Å². The van der Waals surface area contributed by atoms with E-state index >= 15 is 0 Å². The van der Waals surface area contributed by atoms with E-state index in [4.69, 9.17) is 0 Å². The SMILES string of the molecule is CNC(=O)[C@@H]1CCCN(S(=O)(=O)c2cn[nH]c2)C1. The maximum Gasteiger partial charge on any atom is 0.246 e. The molecule has 8 heteroatoms. The first-order valence-electron chi connectivity index (χ1n) is 5.76. The van der Waals surface area contributed by atoms with Gasteiger partial charge in [-0.3, -0.25) is 9.89 Å². The van der Waals surface area contributed by atoms with E-state index in [-0.39, 0.29) is 23.3 Å². The van der Waals surface area contributed by atoms with Crippen LogP contribution in [0.1, 0.15) is 12.8 Å². The van der Waals surface area contributed by atoms with E-state index in [1.54, 1.807) is 7.05 Å². The number of nitrogens with zero attached hydrogens (tertiary/aromatic N) is 2. The van der Waals surface area contributed by atoms with E-state index in [0.717, 1.165) is 6.42 Å². The van der Waals surface area contributed by atoms with Gasteiger partial charge in [-0.2, -0.15) is 9.40 Å². The zero-order valence-corrected chi connectivity index (χ0v) is 10.9. The van der Waals surface area contributed by atoms with Gasteiger partial charge in [-0.25, -0.2) is 8.42 Å². The van der Waals surface area contributed by atoms with Gasteiger partial charge in [-0.05, 0) is 12.8 Å². The lowest BCUT2D eigenvalue weighted by Gasteiger charge is -2.30. The number of aromatic nitrogens is 2. The van der Waals surface area contributed by atoms with Crippen LogP contribution in [0, 0.1) is 5.92 Å². The molecule has 2 rings (SSSR count). The van der Waals surface area contributed by atoms with Gasteiger partial charge in [-0.15, -0.1) is 0 Å². The molecule has 0 aromatic carbocycles. The van der Waals surface area contributed by atoms with Crippen molar-refractivity contribution >= 4 is 15.9 Å². The number of nitrogens with one attached hydrogen (secondary N) is 2. The van der Waals surface area contributed by atoms with Crippen molar-refractivity contribution in [2.75, 3.05) is 20.1 Å². The van der Waals surface area contributed by atoms with Crippen molar-refractivity contribution in [3.63, 3.8) is 0 Å². The average molecular weight is 272 g/mol. The molecule has 0 unspecified atom stereocenters. The Morgan fingerprint density at radius 3 is 3.00 bits per heavy atom. The van der Waals surface area contributed by atoms with Gasteiger partial charge in [-0.1, -0.05) is 0 Å². The number of aromatic amines is 1. The molecule has 7 nitrogen and oxygen atoms in total. The fourth-order valence-corrected chi connectivity index (χ4v) is 3.54. The fraction of sp³-hybridized carbons (Fsp3) is 0.600. The molecule has 18 heavy (non-hydrogen) atoms. The van der Waals surface area contributed by atoms with E-state index in [0.29, 0.717) is 13.0 Å². The molecule has 1 aliphatic rings. The zero-order valence-electron chi connectivity index (χ0n) is 10.1. The Balaban J connectivity index is 2.17. The molecule has 0 saturated carbocycles. The first kappa shape index (κ1) is 13.0. The van der Waals surface area contributed by atoms with Gasteiger partial charge in [0.2, 0.25) is 15.9 Å². The highest BCUT2D eigenvalue weighted by molar-refractivity contribution is 7.89. The van der Waals surface area contributed by atoms with Crippen LogP contribution >= 0.6 is 0 Å². The molecular weight excluding hydrogens is 256 g/mol. The third-order valence-corrected chi connectivity index (χ3v) is 4.94. The summed E-state index contributed by atoms with van der Waals surface area (Å²) in [4.78, 5) is 11.7. The van der Waals surface area contributed by atoms with Crippen molar-refractivity contribution in [3.05, 3.63) is 12.4 Å². The third kappa shape index (κ3) is 2.39. The molecule has 1 aromatic heterocycles. The summed E-state index contributed by atoms with van der Waals surface area (Å²) in [5, 5.41) is 8.69. The van der Waals surface area contributed by atoms with Crippen LogP contribution in [-0.4, -0.2) is 49.0 Å². The minimum atomic E-state index is -3.53. The smallest absolute Gasteiger partial charge is 0.246 e. The third-order valence-electron chi connectivity index (χ3n) is 3.11. The lowest BCUT2D eigenvalue weighted by atomic mass is 9.99. The number of carbonyl (C=O) groups excluding carboxylic acids is 1. The zero-order chi connectivity index (χ0) is 13.2. The normalized spacial score (nSPS) is 21.7. The summed E-state index contributed by atoms with van der Waals surface area (Å²) in [7, 11) is -1.97. The number of hydrogen-bond donors (Lipinski definition) is 2. The second-order valence-electron chi connectivity index (χ2n) is 4.25. The Hall–Kier alpha value is -1.41. The van der Waals surface area contributed by atoms with Crippen LogP contribution in [0.3, 0.4) is 0 Å². The molecule has 1 saturated heterocycles. The molecule has 1 fully saturated rings. The lowest BCUT2D eigenvalue weighted by Crippen LogP contribution is -2.44. The molecule has 0 bridgehead atoms. The van der Waals surface area contributed by atoms with E-state index in [2.05, 4.69) is 15.5 Å². The maximum atomic E-state index is 12.2. The molecular formula is C10H16N4O3S. The second-order valence-corrected chi connectivity index (χ2v) is 6.19. The van der Waals surface area contributed by atoms with Crippen molar-refractivity contribution in [1.29, 1.82) is 0 Å². The van der Waals surface area contributed by atoms with Crippen LogP contribution in [0.2, 0.25) is 0 Å². The van der Waals surface area contributed by atoms with Crippen molar-refractivity contribution in [2.45, 2.75) is 17.7 Å². The van der Waals surface area contributed by atoms with Gasteiger partial charge in [0.05, 0.1) is 12.1 Å². The van der Waals surface area contributed by atoms with E-state index in [9.17, 15) is 13.2 Å². The van der Waals surface area contributed by atoms with Crippen LogP contribution in [0.5, 0.6) is 0 Å². The molecule has 100 valence electrons. The minimum Gasteiger partial charge on any atom is -0.359 e. The predicted molar refractivity (Wildman–Crippen MR) is 64.1 cm³/mol. The number of hydrogen-bond acceptors (Lipinski definition) is 4. The number of carbonyl (C=O) groups is 1. The number of sulfonamides is 1. The second kappa shape index (κ2) is 5.07. The molecule has 1 amide bonds. The highest BCUT2D eigenvalue weighted by Gasteiger charge is 2.33. The molecule has 2 N–H and O–H groups in total. The van der Waals surface area contributed by atoms with Gasteiger partial charge < -0.3 is 5.32 Å². The highest BCUT2D eigenvalue weighted by Crippen LogP contribution is 2.23. The van der Waals surface area contributed by atoms with E-state index in [1.165, 1.54) is 16.7 Å². The van der Waals surface area contributed by atoms with Crippen LogP contribution in [0.4, 0.5) is 0 Å². The molecule has 1 atom stereocenters. The van der Waals surface area contributed by atoms with Gasteiger partial charge in [0.1, 0.15) is 4.90 Å². The van der Waals surface area contributed by atoms with Gasteiger partial charge in [0.25, 0.3) is 0 Å². The Bertz CT molecular complexity index is 511. The van der Waals surface area contributed by atoms with Crippen LogP contribution in [-0.2, 0) is 14.8 Å². The summed E-state index contributed by atoms with van der Waals surface area (Å²) in [5.74, 6) is -0.382. The molecule has 0 aliphatic carbocycles. The Kier molecular flexibility index (Phi) is 3.67. The summed E-state index contributed by atoms with van der Waals surface area (Å²) in [6, 6.07) is 0. The van der Waals surface area contributed by atoms with Crippen LogP contribution in [0.15, 0.2) is 17.3 Å². The van der Waals surface area contributed by atoms with Crippen molar-refractivity contribution < 1.29 is 13.2 Å². The first-order chi connectivity index (χ1) is 8.55. The summed E-state index contributed by atoms with van der Waals surface area (Å²) in [6.07, 6.45) is 4.03. The molecule has 2 heterocycles. The number of amides is 1. The van der Waals surface area contributed by atoms with E-state index < -0.39 is 10.0 Å². The summed E-state index contributed by atoms with van der Waals surface area (Å²) in [5.41, 5.74) is 0. The quantitative estimate of drug-likeness (QED) is 0.779. The lowest BCUT2D eigenvalue weighted by molar-refractivity contribution is -0.125. The molecule has 1 aromatic rings. The fourth-order valence-electron chi connectivity index (χ4n) is 2.11. The number of rotatable bonds is 3. The van der Waals surface area contributed by atoms with Gasteiger partial charge >= 0.3 is 0 Å². The largest absolute Gasteiger partial charge is 0.359 e. The molecule has 0 spiro atoms. The van der Waals surface area contributed by atoms with Crippen molar-refractivity contribution in [3.8, 4) is 0 Å². The number of H-pyrrole nitrogens is 1. The van der Waals surface area contributed by atoms with Gasteiger partial charge in [0.15, 0.2) is 0 Å². The average Bonchev–Trinajstić information content (AvgIpc) is 2.92. The highest BCUT2D eigenvalue weighted by atomic mass is 32.2. The topological polar surface area (TPSA) is 95.2 Å². The van der Waals surface area contributed by atoms with Crippen molar-refractivity contribution in [2.24, 2.45) is 5.92 Å². The summed E-state index contributed by atoms with van der Waals surface area (Å²) < 4.78 is 25.8.